The van der Waals surface area contributed by atoms with Gasteiger partial charge in [-0.3, -0.25) is 9.69 Å². The molecule has 0 unspecified atom stereocenters. The van der Waals surface area contributed by atoms with Gasteiger partial charge in [0.15, 0.2) is 0 Å². The van der Waals surface area contributed by atoms with Crippen molar-refractivity contribution in [1.82, 2.24) is 4.90 Å². The van der Waals surface area contributed by atoms with Gasteiger partial charge in [-0.1, -0.05) is 12.2 Å². The van der Waals surface area contributed by atoms with Crippen molar-refractivity contribution in [1.29, 1.82) is 0 Å². The summed E-state index contributed by atoms with van der Waals surface area (Å²) >= 11 is 4.87. The van der Waals surface area contributed by atoms with Crippen molar-refractivity contribution in [3.63, 3.8) is 0 Å². The van der Waals surface area contributed by atoms with Crippen LogP contribution < -0.4 is 16.2 Å². The summed E-state index contributed by atoms with van der Waals surface area (Å²) < 4.78 is 5.57. The van der Waals surface area contributed by atoms with Crippen LogP contribution in [0, 0.1) is 0 Å². The van der Waals surface area contributed by atoms with Crippen LogP contribution in [0.2, 0.25) is 0 Å². The molecule has 0 heterocycles. The van der Waals surface area contributed by atoms with E-state index in [2.05, 4.69) is 0 Å². The highest BCUT2D eigenvalue weighted by atomic mass is 32.1. The SMILES string of the molecule is CN(CCCOc1ccc(C(N)=S)cc1)CC(N)=O. The molecule has 0 aliphatic rings. The second kappa shape index (κ2) is 7.70. The highest BCUT2D eigenvalue weighted by Gasteiger charge is 2.02. The summed E-state index contributed by atoms with van der Waals surface area (Å²) in [4.78, 5) is 12.9. The zero-order chi connectivity index (χ0) is 14.3. The number of amides is 1. The maximum atomic E-state index is 10.7. The number of likely N-dealkylation sites (N-methyl/N-ethyl adjacent to an activating group) is 1. The monoisotopic (exact) mass is 281 g/mol. The highest BCUT2D eigenvalue weighted by Crippen LogP contribution is 2.12. The first kappa shape index (κ1) is 15.4. The molecule has 0 fully saturated rings. The van der Waals surface area contributed by atoms with E-state index < -0.39 is 0 Å². The predicted molar refractivity (Wildman–Crippen MR) is 79.1 cm³/mol. The minimum Gasteiger partial charge on any atom is -0.494 e. The van der Waals surface area contributed by atoms with Crippen molar-refractivity contribution in [2.45, 2.75) is 6.42 Å². The number of ether oxygens (including phenoxy) is 1. The molecule has 1 amide bonds. The van der Waals surface area contributed by atoms with Crippen LogP contribution in [0.5, 0.6) is 5.75 Å². The molecule has 19 heavy (non-hydrogen) atoms. The van der Waals surface area contributed by atoms with E-state index in [0.29, 0.717) is 11.6 Å². The number of primary amides is 1. The Morgan fingerprint density at radius 1 is 1.32 bits per heavy atom. The maximum absolute atomic E-state index is 10.7. The van der Waals surface area contributed by atoms with Gasteiger partial charge in [0.1, 0.15) is 10.7 Å². The molecule has 0 aromatic heterocycles. The third kappa shape index (κ3) is 6.17. The standard InChI is InChI=1S/C13H19N3O2S/c1-16(9-12(14)17)7-2-8-18-11-5-3-10(4-6-11)13(15)19/h3-6H,2,7-9H2,1H3,(H2,14,17)(H2,15,19). The van der Waals surface area contributed by atoms with Gasteiger partial charge in [-0.05, 0) is 37.7 Å². The summed E-state index contributed by atoms with van der Waals surface area (Å²) in [6.45, 7) is 1.60. The van der Waals surface area contributed by atoms with Gasteiger partial charge in [0.05, 0.1) is 13.2 Å². The van der Waals surface area contributed by atoms with Crippen LogP contribution in [0.4, 0.5) is 0 Å². The van der Waals surface area contributed by atoms with Gasteiger partial charge in [-0.25, -0.2) is 0 Å². The molecule has 0 saturated heterocycles. The fourth-order valence-corrected chi connectivity index (χ4v) is 1.72. The number of nitrogens with two attached hydrogens (primary N) is 2. The molecule has 1 rings (SSSR count). The highest BCUT2D eigenvalue weighted by molar-refractivity contribution is 7.80. The van der Waals surface area contributed by atoms with Gasteiger partial charge in [0.2, 0.25) is 5.91 Å². The number of carbonyl (C=O) groups is 1. The number of hydrogen-bond donors (Lipinski definition) is 2. The molecule has 0 atom stereocenters. The summed E-state index contributed by atoms with van der Waals surface area (Å²) in [5, 5.41) is 0. The molecular formula is C13H19N3O2S. The second-order valence-corrected chi connectivity index (χ2v) is 4.73. The Bertz CT molecular complexity index is 434. The molecule has 6 heteroatoms. The second-order valence-electron chi connectivity index (χ2n) is 4.29. The molecule has 1 aromatic carbocycles. The Morgan fingerprint density at radius 2 is 1.95 bits per heavy atom. The lowest BCUT2D eigenvalue weighted by atomic mass is 10.2. The van der Waals surface area contributed by atoms with Gasteiger partial charge < -0.3 is 16.2 Å². The zero-order valence-electron chi connectivity index (χ0n) is 11.0. The largest absolute Gasteiger partial charge is 0.494 e. The maximum Gasteiger partial charge on any atom is 0.231 e. The quantitative estimate of drug-likeness (QED) is 0.536. The van der Waals surface area contributed by atoms with Crippen LogP contribution in [0.25, 0.3) is 0 Å². The molecule has 1 aromatic rings. The van der Waals surface area contributed by atoms with Crippen molar-refractivity contribution in [3.05, 3.63) is 29.8 Å². The topological polar surface area (TPSA) is 81.6 Å². The molecule has 0 aliphatic carbocycles. The van der Waals surface area contributed by atoms with Crippen molar-refractivity contribution in [2.24, 2.45) is 11.5 Å². The van der Waals surface area contributed by atoms with E-state index in [1.165, 1.54) is 0 Å². The van der Waals surface area contributed by atoms with Gasteiger partial charge in [0, 0.05) is 12.1 Å². The summed E-state index contributed by atoms with van der Waals surface area (Å²) in [5.41, 5.74) is 11.4. The van der Waals surface area contributed by atoms with Crippen LogP contribution in [0.3, 0.4) is 0 Å². The van der Waals surface area contributed by atoms with Crippen LogP contribution in [-0.2, 0) is 4.79 Å². The molecule has 104 valence electrons. The molecular weight excluding hydrogens is 262 g/mol. The lowest BCUT2D eigenvalue weighted by Crippen LogP contribution is -2.31. The van der Waals surface area contributed by atoms with E-state index in [1.807, 2.05) is 36.2 Å². The summed E-state index contributed by atoms with van der Waals surface area (Å²) in [5.74, 6) is 0.453. The number of nitrogens with zero attached hydrogens (tertiary/aromatic N) is 1. The molecule has 5 nitrogen and oxygen atoms in total. The van der Waals surface area contributed by atoms with Crippen molar-refractivity contribution < 1.29 is 9.53 Å². The van der Waals surface area contributed by atoms with E-state index in [1.54, 1.807) is 0 Å². The average Bonchev–Trinajstić information content (AvgIpc) is 2.34. The van der Waals surface area contributed by atoms with E-state index in [4.69, 9.17) is 28.4 Å². The van der Waals surface area contributed by atoms with Crippen LogP contribution in [-0.4, -0.2) is 42.5 Å². The van der Waals surface area contributed by atoms with Crippen LogP contribution in [0.1, 0.15) is 12.0 Å². The number of rotatable bonds is 8. The van der Waals surface area contributed by atoms with Gasteiger partial charge in [-0.2, -0.15) is 0 Å². The number of benzene rings is 1. The summed E-state index contributed by atoms with van der Waals surface area (Å²) in [6.07, 6.45) is 0.820. The fourth-order valence-electron chi connectivity index (χ4n) is 1.59. The molecule has 0 aliphatic heterocycles. The van der Waals surface area contributed by atoms with E-state index in [-0.39, 0.29) is 12.5 Å². The first-order chi connectivity index (χ1) is 8.99. The van der Waals surface area contributed by atoms with Gasteiger partial charge in [0.25, 0.3) is 0 Å². The normalized spacial score (nSPS) is 10.4. The minimum atomic E-state index is -0.322. The van der Waals surface area contributed by atoms with E-state index in [9.17, 15) is 4.79 Å². The van der Waals surface area contributed by atoms with Gasteiger partial charge >= 0.3 is 0 Å². The lowest BCUT2D eigenvalue weighted by molar-refractivity contribution is -0.118. The fraction of sp³-hybridized carbons (Fsp3) is 0.385. The third-order valence-corrected chi connectivity index (χ3v) is 2.75. The van der Waals surface area contributed by atoms with Crippen molar-refractivity contribution in [3.8, 4) is 5.75 Å². The number of thiocarbonyl (C=S) groups is 1. The van der Waals surface area contributed by atoms with Crippen LogP contribution in [0.15, 0.2) is 24.3 Å². The Kier molecular flexibility index (Phi) is 6.24. The van der Waals surface area contributed by atoms with E-state index in [0.717, 1.165) is 24.3 Å². The molecule has 0 saturated carbocycles. The van der Waals surface area contributed by atoms with Crippen molar-refractivity contribution >= 4 is 23.1 Å². The molecule has 0 bridgehead atoms. The molecule has 0 radical (unpaired) electrons. The first-order valence-corrected chi connectivity index (χ1v) is 6.39. The number of hydrogen-bond acceptors (Lipinski definition) is 4. The molecule has 4 N–H and O–H groups in total. The summed E-state index contributed by atoms with van der Waals surface area (Å²) in [7, 11) is 1.85. The first-order valence-electron chi connectivity index (χ1n) is 5.98. The predicted octanol–water partition coefficient (Wildman–Crippen LogP) is 0.507. The third-order valence-electron chi connectivity index (χ3n) is 2.52. The Morgan fingerprint density at radius 3 is 2.47 bits per heavy atom. The smallest absolute Gasteiger partial charge is 0.231 e. The lowest BCUT2D eigenvalue weighted by Gasteiger charge is -2.14. The van der Waals surface area contributed by atoms with Gasteiger partial charge in [-0.15, -0.1) is 0 Å². The van der Waals surface area contributed by atoms with Crippen molar-refractivity contribution in [2.75, 3.05) is 26.7 Å². The van der Waals surface area contributed by atoms with Crippen LogP contribution >= 0.6 is 12.2 Å². The Balaban J connectivity index is 2.26. The Hall–Kier alpha value is -1.66. The average molecular weight is 281 g/mol. The Labute approximate surface area is 118 Å². The summed E-state index contributed by atoms with van der Waals surface area (Å²) in [6, 6.07) is 7.33. The zero-order valence-corrected chi connectivity index (χ0v) is 11.8. The molecule has 0 spiro atoms. The minimum absolute atomic E-state index is 0.267. The number of carbonyl (C=O) groups excluding carboxylic acids is 1. The van der Waals surface area contributed by atoms with E-state index >= 15 is 0 Å².